The van der Waals surface area contributed by atoms with Crippen LogP contribution in [0.15, 0.2) is 27.7 Å². The van der Waals surface area contributed by atoms with Crippen LogP contribution < -0.4 is 4.74 Å². The Morgan fingerprint density at radius 3 is 3.00 bits per heavy atom. The third kappa shape index (κ3) is 2.80. The van der Waals surface area contributed by atoms with Crippen molar-refractivity contribution in [2.45, 2.75) is 20.3 Å². The molecule has 3 nitrogen and oxygen atoms in total. The fourth-order valence-electron chi connectivity index (χ4n) is 2.30. The van der Waals surface area contributed by atoms with Crippen molar-refractivity contribution in [3.8, 4) is 5.75 Å². The van der Waals surface area contributed by atoms with E-state index in [1.807, 2.05) is 18.2 Å². The molecule has 1 aliphatic rings. The molecule has 0 aliphatic carbocycles. The topological polar surface area (TPSA) is 38.7 Å². The summed E-state index contributed by atoms with van der Waals surface area (Å²) in [6, 6.07) is 5.82. The standard InChI is InChI=1S/C14H16BrNO2/c1-9(2)5-10-7-18-13-6-11(15)3-4-12(13)14(10)16-8-17/h3-4,6,8-10H,5,7H2,1-2H3/b16-14+. The number of halogens is 1. The normalized spacial score (nSPS) is 20.7. The molecule has 0 bridgehead atoms. The van der Waals surface area contributed by atoms with E-state index in [9.17, 15) is 4.79 Å². The van der Waals surface area contributed by atoms with Crippen LogP contribution in [0.2, 0.25) is 0 Å². The minimum Gasteiger partial charge on any atom is -0.492 e. The van der Waals surface area contributed by atoms with Crippen molar-refractivity contribution >= 4 is 28.1 Å². The number of carbonyl (C=O) groups excluding carboxylic acids is 1. The number of amides is 1. The maximum absolute atomic E-state index is 10.7. The Morgan fingerprint density at radius 2 is 2.33 bits per heavy atom. The van der Waals surface area contributed by atoms with Crippen molar-refractivity contribution in [1.82, 2.24) is 0 Å². The van der Waals surface area contributed by atoms with Crippen LogP contribution in [0.25, 0.3) is 0 Å². The number of benzene rings is 1. The lowest BCUT2D eigenvalue weighted by atomic mass is 9.87. The molecule has 0 saturated carbocycles. The molecule has 2 rings (SSSR count). The van der Waals surface area contributed by atoms with Crippen molar-refractivity contribution in [3.05, 3.63) is 28.2 Å². The number of ether oxygens (including phenoxy) is 1. The van der Waals surface area contributed by atoms with E-state index in [1.165, 1.54) is 0 Å². The summed E-state index contributed by atoms with van der Waals surface area (Å²) in [6.07, 6.45) is 1.60. The highest BCUT2D eigenvalue weighted by atomic mass is 79.9. The summed E-state index contributed by atoms with van der Waals surface area (Å²) in [5.74, 6) is 1.54. The molecule has 1 aliphatic heterocycles. The summed E-state index contributed by atoms with van der Waals surface area (Å²) in [5.41, 5.74) is 1.79. The Bertz CT molecular complexity index is 483. The van der Waals surface area contributed by atoms with Gasteiger partial charge in [-0.3, -0.25) is 4.79 Å². The highest BCUT2D eigenvalue weighted by Crippen LogP contribution is 2.32. The van der Waals surface area contributed by atoms with E-state index < -0.39 is 0 Å². The smallest absolute Gasteiger partial charge is 0.233 e. The van der Waals surface area contributed by atoms with Crippen LogP contribution in [0.3, 0.4) is 0 Å². The lowest BCUT2D eigenvalue weighted by molar-refractivity contribution is -0.106. The van der Waals surface area contributed by atoms with Crippen molar-refractivity contribution in [3.63, 3.8) is 0 Å². The van der Waals surface area contributed by atoms with Crippen LogP contribution in [-0.4, -0.2) is 18.7 Å². The van der Waals surface area contributed by atoms with Gasteiger partial charge in [-0.05, 0) is 30.5 Å². The number of hydrogen-bond donors (Lipinski definition) is 0. The van der Waals surface area contributed by atoms with Gasteiger partial charge in [0.05, 0.1) is 12.3 Å². The van der Waals surface area contributed by atoms with Gasteiger partial charge in [0, 0.05) is 16.0 Å². The second-order valence-corrected chi connectivity index (χ2v) is 5.81. The molecular formula is C14H16BrNO2. The number of rotatable bonds is 3. The van der Waals surface area contributed by atoms with E-state index in [0.717, 1.165) is 27.9 Å². The van der Waals surface area contributed by atoms with Gasteiger partial charge in [-0.25, -0.2) is 4.99 Å². The van der Waals surface area contributed by atoms with Gasteiger partial charge in [0.1, 0.15) is 5.75 Å². The zero-order valence-electron chi connectivity index (χ0n) is 10.5. The van der Waals surface area contributed by atoms with Gasteiger partial charge in [0.25, 0.3) is 0 Å². The maximum Gasteiger partial charge on any atom is 0.233 e. The maximum atomic E-state index is 10.7. The number of fused-ring (bicyclic) bond motifs is 1. The first-order valence-corrected chi connectivity index (χ1v) is 6.85. The highest BCUT2D eigenvalue weighted by molar-refractivity contribution is 9.10. The minimum atomic E-state index is 0.198. The van der Waals surface area contributed by atoms with Gasteiger partial charge >= 0.3 is 0 Å². The van der Waals surface area contributed by atoms with Crippen molar-refractivity contribution < 1.29 is 9.53 Å². The molecule has 0 spiro atoms. The summed E-state index contributed by atoms with van der Waals surface area (Å²) in [4.78, 5) is 14.8. The van der Waals surface area contributed by atoms with Crippen molar-refractivity contribution in [1.29, 1.82) is 0 Å². The van der Waals surface area contributed by atoms with Gasteiger partial charge in [-0.15, -0.1) is 0 Å². The number of nitrogens with zero attached hydrogens (tertiary/aromatic N) is 1. The summed E-state index contributed by atoms with van der Waals surface area (Å²) in [6.45, 7) is 4.92. The van der Waals surface area contributed by atoms with E-state index in [2.05, 4.69) is 34.8 Å². The van der Waals surface area contributed by atoms with Crippen molar-refractivity contribution in [2.24, 2.45) is 16.8 Å². The van der Waals surface area contributed by atoms with Crippen LogP contribution in [0.5, 0.6) is 5.75 Å². The van der Waals surface area contributed by atoms with Crippen LogP contribution in [0.1, 0.15) is 25.8 Å². The van der Waals surface area contributed by atoms with E-state index in [4.69, 9.17) is 4.74 Å². The summed E-state index contributed by atoms with van der Waals surface area (Å²) in [5, 5.41) is 0. The van der Waals surface area contributed by atoms with E-state index >= 15 is 0 Å². The van der Waals surface area contributed by atoms with Gasteiger partial charge in [-0.2, -0.15) is 0 Å². The minimum absolute atomic E-state index is 0.198. The van der Waals surface area contributed by atoms with Gasteiger partial charge in [0.15, 0.2) is 0 Å². The Labute approximate surface area is 115 Å². The SMILES string of the molecule is CC(C)CC1COc2cc(Br)ccc2/C1=N/C=O. The van der Waals surface area contributed by atoms with Gasteiger partial charge in [0.2, 0.25) is 6.41 Å². The summed E-state index contributed by atoms with van der Waals surface area (Å²) >= 11 is 3.42. The van der Waals surface area contributed by atoms with E-state index in [1.54, 1.807) is 0 Å². The number of aliphatic imine (C=N–C) groups is 1. The monoisotopic (exact) mass is 309 g/mol. The predicted octanol–water partition coefficient (Wildman–Crippen LogP) is 3.45. The fourth-order valence-corrected chi connectivity index (χ4v) is 2.64. The largest absolute Gasteiger partial charge is 0.492 e. The zero-order valence-corrected chi connectivity index (χ0v) is 12.1. The van der Waals surface area contributed by atoms with Crippen LogP contribution in [0, 0.1) is 11.8 Å². The average molecular weight is 310 g/mol. The molecule has 1 amide bonds. The van der Waals surface area contributed by atoms with Crippen LogP contribution in [-0.2, 0) is 4.79 Å². The van der Waals surface area contributed by atoms with Gasteiger partial charge < -0.3 is 4.74 Å². The molecule has 0 saturated heterocycles. The molecule has 96 valence electrons. The molecule has 1 aromatic carbocycles. The molecule has 1 aromatic rings. The number of hydrogen-bond acceptors (Lipinski definition) is 2. The lowest BCUT2D eigenvalue weighted by Gasteiger charge is -2.28. The molecule has 1 atom stereocenters. The molecule has 18 heavy (non-hydrogen) atoms. The molecular weight excluding hydrogens is 294 g/mol. The van der Waals surface area contributed by atoms with Crippen LogP contribution >= 0.6 is 15.9 Å². The first-order valence-electron chi connectivity index (χ1n) is 6.06. The van der Waals surface area contributed by atoms with Crippen LogP contribution in [0.4, 0.5) is 0 Å². The summed E-state index contributed by atoms with van der Waals surface area (Å²) < 4.78 is 6.73. The molecule has 0 aromatic heterocycles. The molecule has 1 heterocycles. The number of carbonyl (C=O) groups is 1. The Morgan fingerprint density at radius 1 is 1.56 bits per heavy atom. The van der Waals surface area contributed by atoms with E-state index in [0.29, 0.717) is 18.9 Å². The quantitative estimate of drug-likeness (QED) is 0.802. The highest BCUT2D eigenvalue weighted by Gasteiger charge is 2.27. The second kappa shape index (κ2) is 5.65. The Balaban J connectivity index is 2.39. The second-order valence-electron chi connectivity index (χ2n) is 4.90. The first kappa shape index (κ1) is 13.3. The van der Waals surface area contributed by atoms with Gasteiger partial charge in [-0.1, -0.05) is 29.8 Å². The molecule has 0 fully saturated rings. The molecule has 0 radical (unpaired) electrons. The molecule has 1 unspecified atom stereocenters. The molecule has 4 heteroatoms. The fraction of sp³-hybridized carbons (Fsp3) is 0.429. The zero-order chi connectivity index (χ0) is 13.1. The predicted molar refractivity (Wildman–Crippen MR) is 75.2 cm³/mol. The van der Waals surface area contributed by atoms with Crippen molar-refractivity contribution in [2.75, 3.05) is 6.61 Å². The lowest BCUT2D eigenvalue weighted by Crippen LogP contribution is -2.29. The Kier molecular flexibility index (Phi) is 4.17. The first-order chi connectivity index (χ1) is 8.61. The van der Waals surface area contributed by atoms with E-state index in [-0.39, 0.29) is 5.92 Å². The third-order valence-electron chi connectivity index (χ3n) is 2.99. The molecule has 0 N–H and O–H groups in total. The summed E-state index contributed by atoms with van der Waals surface area (Å²) in [7, 11) is 0. The third-order valence-corrected chi connectivity index (χ3v) is 3.49. The Hall–Kier alpha value is -1.16. The average Bonchev–Trinajstić information content (AvgIpc) is 2.31.